The van der Waals surface area contributed by atoms with Crippen molar-refractivity contribution in [2.24, 2.45) is 0 Å². The number of nitrogens with zero attached hydrogens (tertiary/aromatic N) is 4. The molecule has 2 aromatic heterocycles. The van der Waals surface area contributed by atoms with E-state index in [2.05, 4.69) is 45.8 Å². The molecule has 1 fully saturated rings. The SMILES string of the molecule is CC(C)(C)c1nnsc1-c1nc(C2CCCCN2)no1. The zero-order chi connectivity index (χ0) is 14.2. The van der Waals surface area contributed by atoms with Crippen LogP contribution in [0, 0.1) is 0 Å². The fourth-order valence-corrected chi connectivity index (χ4v) is 3.16. The van der Waals surface area contributed by atoms with E-state index in [1.54, 1.807) is 0 Å². The van der Waals surface area contributed by atoms with E-state index >= 15 is 0 Å². The van der Waals surface area contributed by atoms with Crippen LogP contribution in [0.2, 0.25) is 0 Å². The second-order valence-electron chi connectivity index (χ2n) is 6.16. The first-order chi connectivity index (χ1) is 9.55. The number of piperidine rings is 1. The van der Waals surface area contributed by atoms with Crippen molar-refractivity contribution in [1.82, 2.24) is 25.0 Å². The highest BCUT2D eigenvalue weighted by Gasteiger charge is 2.28. The molecule has 0 bridgehead atoms. The molecule has 0 aliphatic carbocycles. The summed E-state index contributed by atoms with van der Waals surface area (Å²) in [6.45, 7) is 7.33. The van der Waals surface area contributed by atoms with Crippen LogP contribution in [0.25, 0.3) is 10.8 Å². The summed E-state index contributed by atoms with van der Waals surface area (Å²) in [4.78, 5) is 5.42. The van der Waals surface area contributed by atoms with Crippen molar-refractivity contribution < 1.29 is 4.52 Å². The van der Waals surface area contributed by atoms with Gasteiger partial charge in [-0.15, -0.1) is 5.10 Å². The highest BCUT2D eigenvalue weighted by Crippen LogP contribution is 2.33. The van der Waals surface area contributed by atoms with Gasteiger partial charge in [0.05, 0.1) is 11.7 Å². The fraction of sp³-hybridized carbons (Fsp3) is 0.692. The van der Waals surface area contributed by atoms with Crippen molar-refractivity contribution in [3.05, 3.63) is 11.5 Å². The number of aromatic nitrogens is 4. The van der Waals surface area contributed by atoms with E-state index in [9.17, 15) is 0 Å². The van der Waals surface area contributed by atoms with Crippen LogP contribution in [-0.4, -0.2) is 26.3 Å². The van der Waals surface area contributed by atoms with Gasteiger partial charge in [0.25, 0.3) is 5.89 Å². The zero-order valence-corrected chi connectivity index (χ0v) is 12.8. The maximum atomic E-state index is 5.43. The first-order valence-corrected chi connectivity index (χ1v) is 7.73. The summed E-state index contributed by atoms with van der Waals surface area (Å²) in [5.41, 5.74) is 0.828. The van der Waals surface area contributed by atoms with E-state index in [1.807, 2.05) is 0 Å². The van der Waals surface area contributed by atoms with Gasteiger partial charge in [-0.25, -0.2) is 0 Å². The van der Waals surface area contributed by atoms with Crippen LogP contribution in [0.3, 0.4) is 0 Å². The summed E-state index contributed by atoms with van der Waals surface area (Å²) < 4.78 is 9.46. The van der Waals surface area contributed by atoms with Crippen molar-refractivity contribution in [3.8, 4) is 10.8 Å². The molecule has 1 atom stereocenters. The predicted octanol–water partition coefficient (Wildman–Crippen LogP) is 2.70. The van der Waals surface area contributed by atoms with E-state index in [0.29, 0.717) is 5.89 Å². The van der Waals surface area contributed by atoms with Gasteiger partial charge in [0.1, 0.15) is 4.88 Å². The molecule has 6 nitrogen and oxygen atoms in total. The minimum Gasteiger partial charge on any atom is -0.333 e. The summed E-state index contributed by atoms with van der Waals surface area (Å²) in [6, 6.07) is 0.209. The second-order valence-corrected chi connectivity index (χ2v) is 6.92. The smallest absolute Gasteiger partial charge is 0.271 e. The highest BCUT2D eigenvalue weighted by molar-refractivity contribution is 7.09. The lowest BCUT2D eigenvalue weighted by molar-refractivity contribution is 0.367. The summed E-state index contributed by atoms with van der Waals surface area (Å²) in [5, 5.41) is 11.8. The Labute approximate surface area is 122 Å². The Balaban J connectivity index is 1.88. The Hall–Kier alpha value is -1.34. The van der Waals surface area contributed by atoms with E-state index in [-0.39, 0.29) is 11.5 Å². The molecule has 1 aliphatic rings. The van der Waals surface area contributed by atoms with Crippen LogP contribution in [-0.2, 0) is 5.41 Å². The molecule has 2 aromatic rings. The number of hydrogen-bond donors (Lipinski definition) is 1. The molecule has 0 aromatic carbocycles. The van der Waals surface area contributed by atoms with Crippen LogP contribution >= 0.6 is 11.5 Å². The molecular formula is C13H19N5OS. The molecule has 0 radical (unpaired) electrons. The van der Waals surface area contributed by atoms with Gasteiger partial charge < -0.3 is 9.84 Å². The van der Waals surface area contributed by atoms with Crippen molar-refractivity contribution in [3.63, 3.8) is 0 Å². The van der Waals surface area contributed by atoms with Crippen molar-refractivity contribution in [2.45, 2.75) is 51.5 Å². The fourth-order valence-electron chi connectivity index (χ4n) is 2.36. The molecule has 1 saturated heterocycles. The first-order valence-electron chi connectivity index (χ1n) is 6.96. The molecule has 1 unspecified atom stereocenters. The summed E-state index contributed by atoms with van der Waals surface area (Å²) in [6.07, 6.45) is 3.48. The quantitative estimate of drug-likeness (QED) is 0.917. The average molecular weight is 293 g/mol. The summed E-state index contributed by atoms with van der Waals surface area (Å²) in [5.74, 6) is 1.28. The Kier molecular flexibility index (Phi) is 3.55. The average Bonchev–Trinajstić information content (AvgIpc) is 3.08. The van der Waals surface area contributed by atoms with Crippen LogP contribution in [0.15, 0.2) is 4.52 Å². The Morgan fingerprint density at radius 3 is 2.85 bits per heavy atom. The molecule has 3 rings (SSSR count). The molecule has 1 N–H and O–H groups in total. The van der Waals surface area contributed by atoms with Gasteiger partial charge in [-0.2, -0.15) is 4.98 Å². The third kappa shape index (κ3) is 2.60. The van der Waals surface area contributed by atoms with Crippen molar-refractivity contribution in [2.75, 3.05) is 6.54 Å². The standard InChI is InChI=1S/C13H19N5OS/c1-13(2,3)10-9(20-18-16-10)12-15-11(17-19-12)8-6-4-5-7-14-8/h8,14H,4-7H2,1-3H3. The minimum atomic E-state index is -0.0833. The predicted molar refractivity (Wildman–Crippen MR) is 76.5 cm³/mol. The van der Waals surface area contributed by atoms with Gasteiger partial charge in [-0.05, 0) is 30.9 Å². The van der Waals surface area contributed by atoms with Gasteiger partial charge in [0.2, 0.25) is 0 Å². The van der Waals surface area contributed by atoms with Gasteiger partial charge in [0.15, 0.2) is 5.82 Å². The van der Waals surface area contributed by atoms with E-state index in [0.717, 1.165) is 29.4 Å². The molecule has 1 aliphatic heterocycles. The van der Waals surface area contributed by atoms with Gasteiger partial charge in [0, 0.05) is 5.41 Å². The molecule has 20 heavy (non-hydrogen) atoms. The second kappa shape index (κ2) is 5.21. The zero-order valence-electron chi connectivity index (χ0n) is 12.0. The van der Waals surface area contributed by atoms with E-state index in [1.165, 1.54) is 24.4 Å². The Bertz CT molecular complexity index is 580. The van der Waals surface area contributed by atoms with Crippen LogP contribution in [0.5, 0.6) is 0 Å². The number of nitrogens with one attached hydrogen (secondary N) is 1. The molecular weight excluding hydrogens is 274 g/mol. The van der Waals surface area contributed by atoms with Crippen LogP contribution in [0.4, 0.5) is 0 Å². The van der Waals surface area contributed by atoms with Crippen LogP contribution < -0.4 is 5.32 Å². The summed E-state index contributed by atoms with van der Waals surface area (Å²) >= 11 is 1.31. The monoisotopic (exact) mass is 293 g/mol. The van der Waals surface area contributed by atoms with Gasteiger partial charge in [-0.1, -0.05) is 36.8 Å². The highest BCUT2D eigenvalue weighted by atomic mass is 32.1. The van der Waals surface area contributed by atoms with Crippen molar-refractivity contribution in [1.29, 1.82) is 0 Å². The molecule has 0 saturated carbocycles. The largest absolute Gasteiger partial charge is 0.333 e. The van der Waals surface area contributed by atoms with Gasteiger partial charge >= 0.3 is 0 Å². The minimum absolute atomic E-state index is 0.0833. The maximum Gasteiger partial charge on any atom is 0.271 e. The molecule has 7 heteroatoms. The molecule has 108 valence electrons. The molecule has 0 amide bonds. The van der Waals surface area contributed by atoms with Crippen LogP contribution in [0.1, 0.15) is 57.6 Å². The number of hydrogen-bond acceptors (Lipinski definition) is 7. The third-order valence-electron chi connectivity index (χ3n) is 3.46. The van der Waals surface area contributed by atoms with Gasteiger partial charge in [-0.3, -0.25) is 0 Å². The lowest BCUT2D eigenvalue weighted by atomic mass is 9.91. The lowest BCUT2D eigenvalue weighted by Crippen LogP contribution is -2.27. The summed E-state index contributed by atoms with van der Waals surface area (Å²) in [7, 11) is 0. The first kappa shape index (κ1) is 13.6. The normalized spacial score (nSPS) is 20.2. The maximum absolute atomic E-state index is 5.43. The van der Waals surface area contributed by atoms with E-state index in [4.69, 9.17) is 4.52 Å². The topological polar surface area (TPSA) is 76.7 Å². The lowest BCUT2D eigenvalue weighted by Gasteiger charge is -2.19. The van der Waals surface area contributed by atoms with E-state index < -0.39 is 0 Å². The Morgan fingerprint density at radius 2 is 2.15 bits per heavy atom. The molecule has 0 spiro atoms. The molecule has 3 heterocycles. The number of rotatable bonds is 2. The third-order valence-corrected chi connectivity index (χ3v) is 4.17. The Morgan fingerprint density at radius 1 is 1.30 bits per heavy atom. The van der Waals surface area contributed by atoms with Crippen molar-refractivity contribution >= 4 is 11.5 Å².